The van der Waals surface area contributed by atoms with Gasteiger partial charge < -0.3 is 10.6 Å². The Balaban J connectivity index is 1.80. The molecule has 1 aliphatic carbocycles. The van der Waals surface area contributed by atoms with Gasteiger partial charge in [-0.15, -0.1) is 11.8 Å². The van der Waals surface area contributed by atoms with Crippen molar-refractivity contribution in [2.45, 2.75) is 49.8 Å². The average Bonchev–Trinajstić information content (AvgIpc) is 2.45. The van der Waals surface area contributed by atoms with Gasteiger partial charge in [-0.1, -0.05) is 32.1 Å². The highest BCUT2D eigenvalue weighted by molar-refractivity contribution is 7.99. The SMILES string of the molecule is Nc1ccc2c(c1)N(C(=O)C1CCCCCCC1)CCS2. The van der Waals surface area contributed by atoms with Crippen LogP contribution in [0.2, 0.25) is 0 Å². The molecule has 1 saturated carbocycles. The predicted octanol–water partition coefficient (Wildman–Crippen LogP) is 4.07. The third kappa shape index (κ3) is 3.37. The zero-order valence-electron chi connectivity index (χ0n) is 12.5. The van der Waals surface area contributed by atoms with Gasteiger partial charge in [-0.25, -0.2) is 0 Å². The summed E-state index contributed by atoms with van der Waals surface area (Å²) in [6.07, 6.45) is 8.40. The van der Waals surface area contributed by atoms with Gasteiger partial charge in [0.05, 0.1) is 5.69 Å². The summed E-state index contributed by atoms with van der Waals surface area (Å²) in [7, 11) is 0. The van der Waals surface area contributed by atoms with Gasteiger partial charge in [-0.3, -0.25) is 4.79 Å². The van der Waals surface area contributed by atoms with Crippen molar-refractivity contribution in [3.8, 4) is 0 Å². The Morgan fingerprint density at radius 1 is 1.14 bits per heavy atom. The second-order valence-electron chi connectivity index (χ2n) is 6.11. The molecule has 1 fully saturated rings. The van der Waals surface area contributed by atoms with Gasteiger partial charge >= 0.3 is 0 Å². The number of fused-ring (bicyclic) bond motifs is 1. The van der Waals surface area contributed by atoms with Gasteiger partial charge in [0.25, 0.3) is 0 Å². The minimum atomic E-state index is 0.211. The van der Waals surface area contributed by atoms with Crippen molar-refractivity contribution in [3.05, 3.63) is 18.2 Å². The van der Waals surface area contributed by atoms with E-state index in [1.54, 1.807) is 0 Å². The van der Waals surface area contributed by atoms with Crippen LogP contribution in [-0.4, -0.2) is 18.2 Å². The van der Waals surface area contributed by atoms with Gasteiger partial charge in [0.15, 0.2) is 0 Å². The minimum Gasteiger partial charge on any atom is -0.399 e. The van der Waals surface area contributed by atoms with Gasteiger partial charge in [0.1, 0.15) is 0 Å². The topological polar surface area (TPSA) is 46.3 Å². The summed E-state index contributed by atoms with van der Waals surface area (Å²) < 4.78 is 0. The molecule has 1 heterocycles. The van der Waals surface area contributed by atoms with E-state index < -0.39 is 0 Å². The van der Waals surface area contributed by atoms with E-state index in [1.165, 1.54) is 37.0 Å². The highest BCUT2D eigenvalue weighted by Crippen LogP contribution is 2.37. The van der Waals surface area contributed by atoms with Crippen molar-refractivity contribution in [1.29, 1.82) is 0 Å². The van der Waals surface area contributed by atoms with E-state index in [9.17, 15) is 4.79 Å². The maximum atomic E-state index is 13.0. The highest BCUT2D eigenvalue weighted by atomic mass is 32.2. The summed E-state index contributed by atoms with van der Waals surface area (Å²) in [5, 5.41) is 0. The first-order valence-electron chi connectivity index (χ1n) is 8.09. The predicted molar refractivity (Wildman–Crippen MR) is 89.7 cm³/mol. The van der Waals surface area contributed by atoms with Crippen molar-refractivity contribution in [3.63, 3.8) is 0 Å². The number of anilines is 2. The van der Waals surface area contributed by atoms with E-state index in [2.05, 4.69) is 0 Å². The molecule has 0 aromatic heterocycles. The number of nitrogen functional groups attached to an aromatic ring is 1. The van der Waals surface area contributed by atoms with Gasteiger partial charge in [0, 0.05) is 28.8 Å². The molecule has 114 valence electrons. The summed E-state index contributed by atoms with van der Waals surface area (Å²) in [4.78, 5) is 16.2. The van der Waals surface area contributed by atoms with Crippen LogP contribution in [0.15, 0.2) is 23.1 Å². The Morgan fingerprint density at radius 2 is 1.86 bits per heavy atom. The first kappa shape index (κ1) is 14.8. The standard InChI is InChI=1S/C17H24N2OS/c18-14-8-9-16-15(12-14)19(10-11-21-16)17(20)13-6-4-2-1-3-5-7-13/h8-9,12-13H,1-7,10-11,18H2. The summed E-state index contributed by atoms with van der Waals surface area (Å²) in [5.74, 6) is 1.52. The van der Waals surface area contributed by atoms with Crippen LogP contribution in [0.1, 0.15) is 44.9 Å². The Morgan fingerprint density at radius 3 is 2.62 bits per heavy atom. The normalized spacial score (nSPS) is 20.5. The Bertz CT molecular complexity index is 510. The number of nitrogens with zero attached hydrogens (tertiary/aromatic N) is 1. The zero-order valence-corrected chi connectivity index (χ0v) is 13.3. The molecule has 3 nitrogen and oxygen atoms in total. The van der Waals surface area contributed by atoms with Crippen LogP contribution >= 0.6 is 11.8 Å². The molecule has 0 bridgehead atoms. The summed E-state index contributed by atoms with van der Waals surface area (Å²) >= 11 is 1.82. The highest BCUT2D eigenvalue weighted by Gasteiger charge is 2.29. The lowest BCUT2D eigenvalue weighted by atomic mass is 9.90. The fourth-order valence-electron chi connectivity index (χ4n) is 3.39. The number of carbonyl (C=O) groups is 1. The Hall–Kier alpha value is -1.16. The molecule has 0 spiro atoms. The van der Waals surface area contributed by atoms with Crippen molar-refractivity contribution in [2.75, 3.05) is 22.9 Å². The fourth-order valence-corrected chi connectivity index (χ4v) is 4.36. The second kappa shape index (κ2) is 6.73. The lowest BCUT2D eigenvalue weighted by molar-refractivity contribution is -0.123. The van der Waals surface area contributed by atoms with E-state index in [0.717, 1.165) is 36.5 Å². The number of thioether (sulfide) groups is 1. The summed E-state index contributed by atoms with van der Waals surface area (Å²) in [6.45, 7) is 0.816. The minimum absolute atomic E-state index is 0.211. The molecular formula is C17H24N2OS. The number of rotatable bonds is 1. The summed E-state index contributed by atoms with van der Waals surface area (Å²) in [6, 6.07) is 5.94. The molecule has 4 heteroatoms. The van der Waals surface area contributed by atoms with Crippen molar-refractivity contribution in [2.24, 2.45) is 5.92 Å². The Kier molecular flexibility index (Phi) is 4.73. The molecule has 1 aromatic carbocycles. The van der Waals surface area contributed by atoms with Crippen LogP contribution < -0.4 is 10.6 Å². The monoisotopic (exact) mass is 304 g/mol. The van der Waals surface area contributed by atoms with Crippen LogP contribution in [0.25, 0.3) is 0 Å². The quantitative estimate of drug-likeness (QED) is 0.796. The lowest BCUT2D eigenvalue weighted by Gasteiger charge is -2.32. The lowest BCUT2D eigenvalue weighted by Crippen LogP contribution is -2.40. The molecule has 1 amide bonds. The van der Waals surface area contributed by atoms with Crippen LogP contribution in [0.3, 0.4) is 0 Å². The molecule has 2 N–H and O–H groups in total. The van der Waals surface area contributed by atoms with Gasteiger partial charge in [-0.2, -0.15) is 0 Å². The molecule has 0 saturated heterocycles. The van der Waals surface area contributed by atoms with Crippen molar-refractivity contribution >= 4 is 29.0 Å². The number of amides is 1. The third-order valence-electron chi connectivity index (χ3n) is 4.57. The second-order valence-corrected chi connectivity index (χ2v) is 7.24. The number of benzene rings is 1. The van der Waals surface area contributed by atoms with E-state index in [0.29, 0.717) is 5.91 Å². The van der Waals surface area contributed by atoms with Crippen LogP contribution in [0.4, 0.5) is 11.4 Å². The summed E-state index contributed by atoms with van der Waals surface area (Å²) in [5.41, 5.74) is 7.69. The fraction of sp³-hybridized carbons (Fsp3) is 0.588. The number of carbonyl (C=O) groups excluding carboxylic acids is 1. The van der Waals surface area contributed by atoms with Crippen LogP contribution in [0, 0.1) is 5.92 Å². The first-order chi connectivity index (χ1) is 10.3. The number of hydrogen-bond acceptors (Lipinski definition) is 3. The number of hydrogen-bond donors (Lipinski definition) is 1. The Labute approximate surface area is 131 Å². The van der Waals surface area contributed by atoms with Crippen molar-refractivity contribution < 1.29 is 4.79 Å². The van der Waals surface area contributed by atoms with Crippen LogP contribution in [0.5, 0.6) is 0 Å². The van der Waals surface area contributed by atoms with E-state index in [-0.39, 0.29) is 5.92 Å². The van der Waals surface area contributed by atoms with Gasteiger partial charge in [-0.05, 0) is 31.0 Å². The van der Waals surface area contributed by atoms with Crippen molar-refractivity contribution in [1.82, 2.24) is 0 Å². The largest absolute Gasteiger partial charge is 0.399 e. The molecule has 0 atom stereocenters. The molecule has 21 heavy (non-hydrogen) atoms. The molecule has 1 aliphatic heterocycles. The van der Waals surface area contributed by atoms with Gasteiger partial charge in [0.2, 0.25) is 5.91 Å². The molecule has 2 aliphatic rings. The molecule has 0 unspecified atom stereocenters. The third-order valence-corrected chi connectivity index (χ3v) is 5.61. The average molecular weight is 304 g/mol. The maximum absolute atomic E-state index is 13.0. The molecule has 3 rings (SSSR count). The van der Waals surface area contributed by atoms with E-state index in [4.69, 9.17) is 5.73 Å². The zero-order chi connectivity index (χ0) is 14.7. The number of nitrogens with two attached hydrogens (primary N) is 1. The van der Waals surface area contributed by atoms with E-state index >= 15 is 0 Å². The molecule has 1 aromatic rings. The first-order valence-corrected chi connectivity index (χ1v) is 9.08. The molecular weight excluding hydrogens is 280 g/mol. The molecule has 0 radical (unpaired) electrons. The van der Waals surface area contributed by atoms with Crippen LogP contribution in [-0.2, 0) is 4.79 Å². The maximum Gasteiger partial charge on any atom is 0.230 e. The van der Waals surface area contributed by atoms with E-state index in [1.807, 2.05) is 34.9 Å². The smallest absolute Gasteiger partial charge is 0.230 e.